The topological polar surface area (TPSA) is 96.2 Å². The van der Waals surface area contributed by atoms with Gasteiger partial charge in [0.05, 0.1) is 18.8 Å². The number of carbonyl (C=O) groups excluding carboxylic acids is 1. The smallest absolute Gasteiger partial charge is 0.178 e. The van der Waals surface area contributed by atoms with Crippen LogP contribution in [-0.4, -0.2) is 69.3 Å². The van der Waals surface area contributed by atoms with Gasteiger partial charge in [0.2, 0.25) is 0 Å². The van der Waals surface area contributed by atoms with Gasteiger partial charge in [-0.1, -0.05) is 13.0 Å². The number of rotatable bonds is 2. The first-order valence-electron chi connectivity index (χ1n) is 11.4. The third-order valence-electron chi connectivity index (χ3n) is 9.37. The van der Waals surface area contributed by atoms with Crippen molar-refractivity contribution in [2.45, 2.75) is 88.5 Å². The maximum Gasteiger partial charge on any atom is 0.178 e. The molecule has 0 aromatic heterocycles. The first-order valence-corrected chi connectivity index (χ1v) is 11.4. The molecule has 0 amide bonds. The molecule has 1 heterocycles. The van der Waals surface area contributed by atoms with Gasteiger partial charge in [0.15, 0.2) is 17.2 Å². The third kappa shape index (κ3) is 2.38. The summed E-state index contributed by atoms with van der Waals surface area (Å²) in [6.07, 6.45) is -1.10. The molecule has 5 aliphatic rings. The number of ether oxygens (including phenoxy) is 2. The number of halogens is 2. The molecular formula is C24H32F2O6. The molecule has 178 valence electrons. The average molecular weight is 455 g/mol. The van der Waals surface area contributed by atoms with Crippen LogP contribution in [0.1, 0.15) is 47.0 Å². The summed E-state index contributed by atoms with van der Waals surface area (Å²) < 4.78 is 45.0. The first kappa shape index (κ1) is 22.6. The van der Waals surface area contributed by atoms with Gasteiger partial charge in [-0.05, 0) is 63.7 Å². The lowest BCUT2D eigenvalue weighted by Crippen LogP contribution is -2.71. The van der Waals surface area contributed by atoms with Crippen LogP contribution in [0.25, 0.3) is 0 Å². The minimum atomic E-state index is -2.21. The van der Waals surface area contributed by atoms with E-state index in [1.54, 1.807) is 20.8 Å². The zero-order valence-electron chi connectivity index (χ0n) is 18.8. The molecule has 32 heavy (non-hydrogen) atoms. The van der Waals surface area contributed by atoms with Crippen molar-refractivity contribution >= 4 is 5.78 Å². The van der Waals surface area contributed by atoms with Crippen molar-refractivity contribution in [1.82, 2.24) is 0 Å². The molecule has 1 aliphatic heterocycles. The highest BCUT2D eigenvalue weighted by molar-refractivity contribution is 6.01. The SMILES string of the molecule is CC1(C)O[C@@H]2C[C@H]3[C@@H]4C[C@H](F)C5=CC(=O)C=C[C@]5(C)[C@@]4(F)[C@@H](O)C[C@]3(C)[C@]2(C(O)CO)O1. The van der Waals surface area contributed by atoms with Crippen LogP contribution in [0.15, 0.2) is 23.8 Å². The largest absolute Gasteiger partial charge is 0.394 e. The van der Waals surface area contributed by atoms with E-state index in [1.165, 1.54) is 12.2 Å². The lowest BCUT2D eigenvalue weighted by atomic mass is 9.44. The molecule has 10 atom stereocenters. The molecule has 0 spiro atoms. The third-order valence-corrected chi connectivity index (χ3v) is 9.37. The monoisotopic (exact) mass is 454 g/mol. The number of hydrogen-bond donors (Lipinski definition) is 3. The molecule has 0 radical (unpaired) electrons. The number of fused-ring (bicyclic) bond motifs is 7. The second-order valence-corrected chi connectivity index (χ2v) is 11.2. The molecule has 3 saturated carbocycles. The predicted molar refractivity (Wildman–Crippen MR) is 110 cm³/mol. The Balaban J connectivity index is 1.65. The van der Waals surface area contributed by atoms with Gasteiger partial charge in [0.25, 0.3) is 0 Å². The van der Waals surface area contributed by atoms with Crippen molar-refractivity contribution in [2.24, 2.45) is 22.7 Å². The van der Waals surface area contributed by atoms with Crippen LogP contribution in [-0.2, 0) is 14.3 Å². The second kappa shape index (κ2) is 6.48. The van der Waals surface area contributed by atoms with E-state index >= 15 is 8.78 Å². The summed E-state index contributed by atoms with van der Waals surface area (Å²) in [5.74, 6) is -2.79. The Hall–Kier alpha value is -1.19. The highest BCUT2D eigenvalue weighted by Gasteiger charge is 2.80. The van der Waals surface area contributed by atoms with E-state index in [9.17, 15) is 20.1 Å². The summed E-state index contributed by atoms with van der Waals surface area (Å²) in [5.41, 5.74) is -5.94. The normalized spacial score (nSPS) is 54.3. The molecule has 8 heteroatoms. The molecule has 6 nitrogen and oxygen atoms in total. The zero-order valence-corrected chi connectivity index (χ0v) is 18.8. The predicted octanol–water partition coefficient (Wildman–Crippen LogP) is 2.16. The van der Waals surface area contributed by atoms with Gasteiger partial charge in [0, 0.05) is 16.7 Å². The molecule has 1 unspecified atom stereocenters. The van der Waals surface area contributed by atoms with Crippen LogP contribution < -0.4 is 0 Å². The minimum Gasteiger partial charge on any atom is -0.394 e. The fraction of sp³-hybridized carbons (Fsp3) is 0.792. The van der Waals surface area contributed by atoms with Gasteiger partial charge < -0.3 is 24.8 Å². The lowest BCUT2D eigenvalue weighted by Gasteiger charge is -2.63. The van der Waals surface area contributed by atoms with Crippen LogP contribution in [0.4, 0.5) is 8.78 Å². The second-order valence-electron chi connectivity index (χ2n) is 11.2. The van der Waals surface area contributed by atoms with Gasteiger partial charge in [-0.3, -0.25) is 4.79 Å². The highest BCUT2D eigenvalue weighted by atomic mass is 19.1. The van der Waals surface area contributed by atoms with Crippen molar-refractivity contribution in [2.75, 3.05) is 6.61 Å². The quantitative estimate of drug-likeness (QED) is 0.592. The van der Waals surface area contributed by atoms with Gasteiger partial charge in [-0.15, -0.1) is 0 Å². The molecule has 0 aromatic rings. The number of hydrogen-bond acceptors (Lipinski definition) is 6. The molecule has 0 aromatic carbocycles. The average Bonchev–Trinajstić information content (AvgIpc) is 3.11. The van der Waals surface area contributed by atoms with E-state index in [0.717, 1.165) is 6.08 Å². The highest BCUT2D eigenvalue weighted by Crippen LogP contribution is 2.72. The van der Waals surface area contributed by atoms with Crippen LogP contribution in [0.5, 0.6) is 0 Å². The molecule has 1 saturated heterocycles. The molecule has 4 aliphatic carbocycles. The maximum absolute atomic E-state index is 17.2. The standard InChI is InChI=1S/C24H32F2O6/c1-20(2)31-19-9-13-14-8-16(25)15-7-12(28)5-6-21(15,3)23(14,26)17(29)10-22(13,4)24(19,32-20)18(30)11-27/h5-7,13-14,16-19,27,29-30H,8-11H2,1-4H3/t13-,14-,16-,17-,18?,19+,21-,22-,23-,24+/m0/s1. The fourth-order valence-corrected chi connectivity index (χ4v) is 8.10. The Morgan fingerprint density at radius 1 is 1.22 bits per heavy atom. The van der Waals surface area contributed by atoms with E-state index in [2.05, 4.69) is 0 Å². The van der Waals surface area contributed by atoms with E-state index in [1.807, 2.05) is 6.92 Å². The van der Waals surface area contributed by atoms with Gasteiger partial charge in [-0.25, -0.2) is 8.78 Å². The summed E-state index contributed by atoms with van der Waals surface area (Å²) in [4.78, 5) is 11.9. The van der Waals surface area contributed by atoms with Gasteiger partial charge in [-0.2, -0.15) is 0 Å². The van der Waals surface area contributed by atoms with Gasteiger partial charge >= 0.3 is 0 Å². The van der Waals surface area contributed by atoms with Gasteiger partial charge in [0.1, 0.15) is 17.9 Å². The Bertz CT molecular complexity index is 918. The summed E-state index contributed by atoms with van der Waals surface area (Å²) >= 11 is 0. The Kier molecular flexibility index (Phi) is 4.57. The van der Waals surface area contributed by atoms with Crippen molar-refractivity contribution < 1.29 is 38.4 Å². The Morgan fingerprint density at radius 2 is 1.91 bits per heavy atom. The summed E-state index contributed by atoms with van der Waals surface area (Å²) in [6, 6.07) is 0. The summed E-state index contributed by atoms with van der Waals surface area (Å²) in [6.45, 7) is 6.23. The minimum absolute atomic E-state index is 0.0563. The first-order chi connectivity index (χ1) is 14.8. The Morgan fingerprint density at radius 3 is 2.56 bits per heavy atom. The zero-order chi connectivity index (χ0) is 23.5. The molecule has 3 N–H and O–H groups in total. The van der Waals surface area contributed by atoms with Crippen LogP contribution in [0, 0.1) is 22.7 Å². The van der Waals surface area contributed by atoms with Crippen molar-refractivity contribution in [3.63, 3.8) is 0 Å². The van der Waals surface area contributed by atoms with E-state index < -0.39 is 70.8 Å². The van der Waals surface area contributed by atoms with Crippen LogP contribution in [0.3, 0.4) is 0 Å². The van der Waals surface area contributed by atoms with E-state index in [0.29, 0.717) is 6.42 Å². The number of aliphatic hydroxyl groups excluding tert-OH is 3. The maximum atomic E-state index is 17.2. The summed E-state index contributed by atoms with van der Waals surface area (Å²) in [7, 11) is 0. The van der Waals surface area contributed by atoms with Crippen LogP contribution in [0.2, 0.25) is 0 Å². The molecule has 5 rings (SSSR count). The number of ketones is 1. The number of carbonyl (C=O) groups is 1. The van der Waals surface area contributed by atoms with Crippen LogP contribution >= 0.6 is 0 Å². The number of alkyl halides is 2. The van der Waals surface area contributed by atoms with Crippen molar-refractivity contribution in [1.29, 1.82) is 0 Å². The molecular weight excluding hydrogens is 422 g/mol. The van der Waals surface area contributed by atoms with E-state index in [4.69, 9.17) is 9.47 Å². The lowest BCUT2D eigenvalue weighted by molar-refractivity contribution is -0.272. The summed E-state index contributed by atoms with van der Waals surface area (Å²) in [5, 5.41) is 32.2. The molecule has 4 fully saturated rings. The van der Waals surface area contributed by atoms with Crippen molar-refractivity contribution in [3.05, 3.63) is 23.8 Å². The number of allylic oxidation sites excluding steroid dienone is 4. The molecule has 0 bridgehead atoms. The fourth-order valence-electron chi connectivity index (χ4n) is 8.10. The number of aliphatic hydroxyl groups is 3. The van der Waals surface area contributed by atoms with Crippen molar-refractivity contribution in [3.8, 4) is 0 Å². The van der Waals surface area contributed by atoms with E-state index in [-0.39, 0.29) is 24.2 Å². The Labute approximate surface area is 186 Å².